The number of phenolic OH excluding ortho intramolecular Hbond substituents is 1. The maximum Gasteiger partial charge on any atom is 0.318 e. The average molecular weight is 277 g/mol. The minimum Gasteiger partial charge on any atom is -0.501 e. The molecule has 0 aliphatic heterocycles. The number of nitrogens with one attached hydrogen (secondary N) is 1. The molecule has 1 aliphatic rings. The molecule has 0 amide bonds. The molecule has 5 nitrogen and oxygen atoms in total. The predicted molar refractivity (Wildman–Crippen MR) is 64.6 cm³/mol. The summed E-state index contributed by atoms with van der Waals surface area (Å²) in [6, 6.07) is 1.71. The van der Waals surface area contributed by atoms with Gasteiger partial charge in [0.2, 0.25) is 5.75 Å². The lowest BCUT2D eigenvalue weighted by molar-refractivity contribution is -0.386. The minimum atomic E-state index is -0.670. The van der Waals surface area contributed by atoms with Gasteiger partial charge in [-0.05, 0) is 18.9 Å². The van der Waals surface area contributed by atoms with Crippen molar-refractivity contribution in [1.82, 2.24) is 5.32 Å². The maximum absolute atomic E-state index is 10.9. The van der Waals surface area contributed by atoms with Gasteiger partial charge in [-0.3, -0.25) is 10.1 Å². The Bertz CT molecular complexity index is 475. The van der Waals surface area contributed by atoms with Gasteiger partial charge in [0.15, 0.2) is 0 Å². The van der Waals surface area contributed by atoms with E-state index in [0.717, 1.165) is 12.8 Å². The van der Waals surface area contributed by atoms with E-state index in [1.165, 1.54) is 6.07 Å². The molecule has 0 heterocycles. The number of hydrogen-bond donors (Lipinski definition) is 2. The van der Waals surface area contributed by atoms with Crippen molar-refractivity contribution in [2.75, 3.05) is 0 Å². The second kappa shape index (κ2) is 4.68. The first kappa shape index (κ1) is 12.4. The molecular weight excluding hydrogens is 267 g/mol. The van der Waals surface area contributed by atoms with Crippen molar-refractivity contribution in [3.05, 3.63) is 31.8 Å². The molecule has 2 N–H and O–H groups in total. The molecule has 0 spiro atoms. The molecule has 0 radical (unpaired) electrons. The van der Waals surface area contributed by atoms with Gasteiger partial charge in [0.05, 0.1) is 20.5 Å². The lowest BCUT2D eigenvalue weighted by atomic mass is 10.1. The highest BCUT2D eigenvalue weighted by Gasteiger charge is 2.27. The van der Waals surface area contributed by atoms with Gasteiger partial charge < -0.3 is 10.4 Å². The van der Waals surface area contributed by atoms with Gasteiger partial charge in [-0.15, -0.1) is 0 Å². The van der Waals surface area contributed by atoms with Gasteiger partial charge in [0.25, 0.3) is 0 Å². The van der Waals surface area contributed by atoms with Crippen LogP contribution in [0.25, 0.3) is 0 Å². The highest BCUT2D eigenvalue weighted by Crippen LogP contribution is 2.41. The van der Waals surface area contributed by atoms with Crippen molar-refractivity contribution in [3.8, 4) is 5.75 Å². The van der Waals surface area contributed by atoms with Crippen LogP contribution in [-0.4, -0.2) is 16.1 Å². The zero-order valence-corrected chi connectivity index (χ0v) is 10.3. The summed E-state index contributed by atoms with van der Waals surface area (Å²) in [6.07, 6.45) is 2.12. The molecule has 1 fully saturated rings. The third-order valence-corrected chi connectivity index (χ3v) is 3.23. The van der Waals surface area contributed by atoms with Crippen LogP contribution in [0.3, 0.4) is 0 Å². The van der Waals surface area contributed by atoms with Crippen molar-refractivity contribution in [1.29, 1.82) is 0 Å². The van der Waals surface area contributed by atoms with Crippen LogP contribution in [0.2, 0.25) is 10.0 Å². The van der Waals surface area contributed by atoms with E-state index in [4.69, 9.17) is 23.2 Å². The maximum atomic E-state index is 10.9. The SMILES string of the molecule is O=[N+]([O-])c1c(O)c(Cl)cc(Cl)c1CNC1CC1. The van der Waals surface area contributed by atoms with Crippen molar-refractivity contribution < 1.29 is 10.0 Å². The van der Waals surface area contributed by atoms with Crippen LogP contribution in [0.5, 0.6) is 5.75 Å². The van der Waals surface area contributed by atoms with Gasteiger partial charge in [-0.1, -0.05) is 23.2 Å². The number of rotatable bonds is 4. The second-order valence-electron chi connectivity index (χ2n) is 3.93. The van der Waals surface area contributed by atoms with E-state index < -0.39 is 16.4 Å². The molecule has 0 unspecified atom stereocenters. The molecule has 0 aromatic heterocycles. The summed E-state index contributed by atoms with van der Waals surface area (Å²) < 4.78 is 0. The molecule has 0 atom stereocenters. The molecular formula is C10H10Cl2N2O3. The predicted octanol–water partition coefficient (Wildman–Crippen LogP) is 2.86. The standard InChI is InChI=1S/C10H10Cl2N2O3/c11-7-3-8(12)10(15)9(14(16)17)6(7)4-13-5-1-2-5/h3,5,13,15H,1-2,4H2. The third kappa shape index (κ3) is 2.62. The molecule has 1 saturated carbocycles. The van der Waals surface area contributed by atoms with E-state index in [9.17, 15) is 15.2 Å². The van der Waals surface area contributed by atoms with Gasteiger partial charge >= 0.3 is 5.69 Å². The first-order valence-corrected chi connectivity index (χ1v) is 5.84. The van der Waals surface area contributed by atoms with Crippen LogP contribution in [-0.2, 0) is 6.54 Å². The summed E-state index contributed by atoms with van der Waals surface area (Å²) in [5.41, 5.74) is -0.152. The van der Waals surface area contributed by atoms with Crippen LogP contribution < -0.4 is 5.32 Å². The third-order valence-electron chi connectivity index (χ3n) is 2.61. The fourth-order valence-corrected chi connectivity index (χ4v) is 2.05. The monoisotopic (exact) mass is 276 g/mol. The first-order chi connectivity index (χ1) is 8.00. The molecule has 7 heteroatoms. The number of benzene rings is 1. The number of hydrogen-bond acceptors (Lipinski definition) is 4. The lowest BCUT2D eigenvalue weighted by Crippen LogP contribution is -2.16. The zero-order valence-electron chi connectivity index (χ0n) is 8.74. The van der Waals surface area contributed by atoms with E-state index in [1.807, 2.05) is 0 Å². The number of halogens is 2. The van der Waals surface area contributed by atoms with Crippen LogP contribution in [0.4, 0.5) is 5.69 Å². The lowest BCUT2D eigenvalue weighted by Gasteiger charge is -2.09. The number of nitro groups is 1. The Kier molecular flexibility index (Phi) is 3.42. The zero-order chi connectivity index (χ0) is 12.6. The fourth-order valence-electron chi connectivity index (χ4n) is 1.53. The van der Waals surface area contributed by atoms with Gasteiger partial charge in [0, 0.05) is 12.6 Å². The summed E-state index contributed by atoms with van der Waals surface area (Å²) in [5, 5.41) is 23.7. The summed E-state index contributed by atoms with van der Waals surface area (Å²) >= 11 is 11.6. The smallest absolute Gasteiger partial charge is 0.318 e. The number of nitro benzene ring substituents is 1. The van der Waals surface area contributed by atoms with Gasteiger partial charge in [-0.25, -0.2) is 0 Å². The van der Waals surface area contributed by atoms with Crippen molar-refractivity contribution in [2.45, 2.75) is 25.4 Å². The minimum absolute atomic E-state index is 0.114. The van der Waals surface area contributed by atoms with E-state index in [2.05, 4.69) is 5.32 Å². The van der Waals surface area contributed by atoms with Crippen molar-refractivity contribution in [2.24, 2.45) is 0 Å². The second-order valence-corrected chi connectivity index (χ2v) is 4.74. The molecule has 17 heavy (non-hydrogen) atoms. The largest absolute Gasteiger partial charge is 0.501 e. The van der Waals surface area contributed by atoms with Gasteiger partial charge in [-0.2, -0.15) is 0 Å². The molecule has 0 saturated heterocycles. The van der Waals surface area contributed by atoms with Crippen molar-refractivity contribution >= 4 is 28.9 Å². The number of aromatic hydroxyl groups is 1. The highest BCUT2D eigenvalue weighted by atomic mass is 35.5. The summed E-state index contributed by atoms with van der Waals surface area (Å²) in [4.78, 5) is 10.2. The van der Waals surface area contributed by atoms with Crippen LogP contribution in [0.1, 0.15) is 18.4 Å². The summed E-state index contributed by atoms with van der Waals surface area (Å²) in [6.45, 7) is 0.255. The molecule has 2 rings (SSSR count). The normalized spacial score (nSPS) is 14.9. The van der Waals surface area contributed by atoms with Crippen LogP contribution >= 0.6 is 23.2 Å². The topological polar surface area (TPSA) is 75.4 Å². The molecule has 1 aromatic carbocycles. The molecule has 0 bridgehead atoms. The van der Waals surface area contributed by atoms with Crippen LogP contribution in [0.15, 0.2) is 6.07 Å². The summed E-state index contributed by atoms with van der Waals surface area (Å²) in [7, 11) is 0. The quantitative estimate of drug-likeness (QED) is 0.655. The molecule has 92 valence electrons. The Morgan fingerprint density at radius 3 is 2.65 bits per heavy atom. The van der Waals surface area contributed by atoms with Crippen LogP contribution in [0, 0.1) is 10.1 Å². The Balaban J connectivity index is 2.38. The Morgan fingerprint density at radius 1 is 1.47 bits per heavy atom. The van der Waals surface area contributed by atoms with E-state index >= 15 is 0 Å². The summed E-state index contributed by atoms with van der Waals surface area (Å²) in [5.74, 6) is -0.534. The molecule has 1 aromatic rings. The Morgan fingerprint density at radius 2 is 2.12 bits per heavy atom. The van der Waals surface area contributed by atoms with Crippen molar-refractivity contribution in [3.63, 3.8) is 0 Å². The fraction of sp³-hybridized carbons (Fsp3) is 0.400. The Hall–Kier alpha value is -1.04. The average Bonchev–Trinajstić information content (AvgIpc) is 3.04. The van der Waals surface area contributed by atoms with E-state index in [-0.39, 0.29) is 22.2 Å². The number of nitrogens with zero attached hydrogens (tertiary/aromatic N) is 1. The Labute approximate surface area is 107 Å². The van der Waals surface area contributed by atoms with E-state index in [1.54, 1.807) is 0 Å². The van der Waals surface area contributed by atoms with E-state index in [0.29, 0.717) is 6.04 Å². The highest BCUT2D eigenvalue weighted by molar-refractivity contribution is 6.36. The molecule has 1 aliphatic carbocycles. The van der Waals surface area contributed by atoms with Gasteiger partial charge in [0.1, 0.15) is 0 Å². The first-order valence-electron chi connectivity index (χ1n) is 5.08. The number of phenols is 1.